The van der Waals surface area contributed by atoms with Gasteiger partial charge in [0.05, 0.1) is 6.54 Å². The number of alkyl halides is 2. The number of aromatic nitrogens is 1. The van der Waals surface area contributed by atoms with Gasteiger partial charge in [0, 0.05) is 18.3 Å². The number of hydrogen-bond acceptors (Lipinski definition) is 1. The second-order valence-corrected chi connectivity index (χ2v) is 5.28. The minimum absolute atomic E-state index is 0.244. The number of nitrogens with zero attached hydrogens (tertiary/aromatic N) is 1. The fraction of sp³-hybridized carbons (Fsp3) is 0.467. The maximum absolute atomic E-state index is 12.5. The SMILES string of the molecule is CC(C)CNCc1ccc2ccn(CC(F)F)c2c1. The van der Waals surface area contributed by atoms with Crippen LogP contribution < -0.4 is 5.32 Å². The summed E-state index contributed by atoms with van der Waals surface area (Å²) in [6.07, 6.45) is -0.597. The average Bonchev–Trinajstić information content (AvgIpc) is 2.71. The highest BCUT2D eigenvalue weighted by molar-refractivity contribution is 5.80. The predicted molar refractivity (Wildman–Crippen MR) is 74.5 cm³/mol. The molecule has 0 unspecified atom stereocenters. The largest absolute Gasteiger partial charge is 0.342 e. The molecule has 1 aromatic carbocycles. The third kappa shape index (κ3) is 3.77. The van der Waals surface area contributed by atoms with Gasteiger partial charge in [-0.2, -0.15) is 0 Å². The fourth-order valence-corrected chi connectivity index (χ4v) is 2.15. The Balaban J connectivity index is 2.13. The van der Waals surface area contributed by atoms with Gasteiger partial charge in [0.15, 0.2) is 0 Å². The van der Waals surface area contributed by atoms with Gasteiger partial charge in [-0.25, -0.2) is 8.78 Å². The zero-order valence-corrected chi connectivity index (χ0v) is 11.4. The van der Waals surface area contributed by atoms with Crippen LogP contribution in [0.25, 0.3) is 10.9 Å². The van der Waals surface area contributed by atoms with Crippen LogP contribution in [0.2, 0.25) is 0 Å². The Morgan fingerprint density at radius 2 is 2.00 bits per heavy atom. The van der Waals surface area contributed by atoms with Crippen LogP contribution in [-0.4, -0.2) is 17.5 Å². The summed E-state index contributed by atoms with van der Waals surface area (Å²) < 4.78 is 26.6. The first-order valence-corrected chi connectivity index (χ1v) is 6.63. The molecule has 0 spiro atoms. The van der Waals surface area contributed by atoms with Crippen molar-refractivity contribution in [3.63, 3.8) is 0 Å². The molecule has 2 nitrogen and oxygen atoms in total. The maximum Gasteiger partial charge on any atom is 0.256 e. The molecule has 0 aliphatic carbocycles. The van der Waals surface area contributed by atoms with Crippen LogP contribution in [0.4, 0.5) is 8.78 Å². The molecule has 0 amide bonds. The van der Waals surface area contributed by atoms with Crippen molar-refractivity contribution in [3.8, 4) is 0 Å². The number of halogens is 2. The summed E-state index contributed by atoms with van der Waals surface area (Å²) in [6.45, 7) is 5.80. The lowest BCUT2D eigenvalue weighted by Crippen LogP contribution is -2.18. The van der Waals surface area contributed by atoms with E-state index in [1.165, 1.54) is 0 Å². The molecule has 1 heterocycles. The van der Waals surface area contributed by atoms with Gasteiger partial charge < -0.3 is 9.88 Å². The van der Waals surface area contributed by atoms with E-state index in [1.807, 2.05) is 24.3 Å². The molecule has 0 saturated carbocycles. The second kappa shape index (κ2) is 6.15. The van der Waals surface area contributed by atoms with Crippen molar-refractivity contribution in [2.45, 2.75) is 33.4 Å². The molecule has 1 N–H and O–H groups in total. The third-order valence-corrected chi connectivity index (χ3v) is 3.05. The number of benzene rings is 1. The van der Waals surface area contributed by atoms with Gasteiger partial charge in [0.1, 0.15) is 0 Å². The molecular weight excluding hydrogens is 246 g/mol. The minimum Gasteiger partial charge on any atom is -0.342 e. The van der Waals surface area contributed by atoms with Gasteiger partial charge >= 0.3 is 0 Å². The fourth-order valence-electron chi connectivity index (χ4n) is 2.15. The summed E-state index contributed by atoms with van der Waals surface area (Å²) in [4.78, 5) is 0. The number of hydrogen-bond donors (Lipinski definition) is 1. The second-order valence-electron chi connectivity index (χ2n) is 5.28. The van der Waals surface area contributed by atoms with Crippen LogP contribution in [0.15, 0.2) is 30.5 Å². The summed E-state index contributed by atoms with van der Waals surface area (Å²) >= 11 is 0. The van der Waals surface area contributed by atoms with E-state index in [9.17, 15) is 8.78 Å². The summed E-state index contributed by atoms with van der Waals surface area (Å²) in [5.41, 5.74) is 2.01. The van der Waals surface area contributed by atoms with E-state index in [0.717, 1.165) is 29.6 Å². The van der Waals surface area contributed by atoms with Gasteiger partial charge in [-0.05, 0) is 35.5 Å². The molecule has 0 fully saturated rings. The Morgan fingerprint density at radius 1 is 1.21 bits per heavy atom. The molecule has 0 aliphatic heterocycles. The van der Waals surface area contributed by atoms with Gasteiger partial charge in [-0.1, -0.05) is 26.0 Å². The van der Waals surface area contributed by atoms with E-state index in [2.05, 4.69) is 19.2 Å². The highest BCUT2D eigenvalue weighted by Crippen LogP contribution is 2.19. The minimum atomic E-state index is -2.32. The summed E-state index contributed by atoms with van der Waals surface area (Å²) in [5, 5.41) is 4.37. The highest BCUT2D eigenvalue weighted by atomic mass is 19.3. The van der Waals surface area contributed by atoms with Crippen molar-refractivity contribution in [1.29, 1.82) is 0 Å². The van der Waals surface area contributed by atoms with E-state index in [1.54, 1.807) is 10.8 Å². The standard InChI is InChI=1S/C15H20F2N2/c1-11(2)8-18-9-12-3-4-13-5-6-19(10-15(16)17)14(13)7-12/h3-7,11,15,18H,8-10H2,1-2H3. The van der Waals surface area contributed by atoms with Crippen molar-refractivity contribution in [1.82, 2.24) is 9.88 Å². The molecule has 1 aromatic heterocycles. The number of fused-ring (bicyclic) bond motifs is 1. The molecule has 2 aromatic rings. The van der Waals surface area contributed by atoms with Crippen LogP contribution in [0.5, 0.6) is 0 Å². The summed E-state index contributed by atoms with van der Waals surface area (Å²) in [5.74, 6) is 0.603. The first kappa shape index (κ1) is 14.0. The smallest absolute Gasteiger partial charge is 0.256 e. The van der Waals surface area contributed by atoms with Crippen molar-refractivity contribution in [2.24, 2.45) is 5.92 Å². The summed E-state index contributed by atoms with van der Waals surface area (Å²) in [7, 11) is 0. The number of rotatable bonds is 6. The van der Waals surface area contributed by atoms with Gasteiger partial charge in [-0.15, -0.1) is 0 Å². The predicted octanol–water partition coefficient (Wildman–Crippen LogP) is 3.65. The van der Waals surface area contributed by atoms with Crippen molar-refractivity contribution in [2.75, 3.05) is 6.54 Å². The normalized spacial score (nSPS) is 11.9. The van der Waals surface area contributed by atoms with E-state index in [4.69, 9.17) is 0 Å². The quantitative estimate of drug-likeness (QED) is 0.844. The molecule has 0 atom stereocenters. The van der Waals surface area contributed by atoms with Crippen LogP contribution in [0.3, 0.4) is 0 Å². The van der Waals surface area contributed by atoms with E-state index < -0.39 is 6.43 Å². The highest BCUT2D eigenvalue weighted by Gasteiger charge is 2.07. The van der Waals surface area contributed by atoms with Crippen LogP contribution in [0, 0.1) is 5.92 Å². The van der Waals surface area contributed by atoms with E-state index >= 15 is 0 Å². The topological polar surface area (TPSA) is 17.0 Å². The first-order chi connectivity index (χ1) is 9.06. The molecule has 0 saturated heterocycles. The molecule has 0 bridgehead atoms. The van der Waals surface area contributed by atoms with Crippen molar-refractivity contribution >= 4 is 10.9 Å². The zero-order chi connectivity index (χ0) is 13.8. The molecule has 19 heavy (non-hydrogen) atoms. The first-order valence-electron chi connectivity index (χ1n) is 6.63. The van der Waals surface area contributed by atoms with Gasteiger partial charge in [0.2, 0.25) is 0 Å². The van der Waals surface area contributed by atoms with Gasteiger partial charge in [-0.3, -0.25) is 0 Å². The Labute approximate surface area is 112 Å². The van der Waals surface area contributed by atoms with E-state index in [0.29, 0.717) is 5.92 Å². The van der Waals surface area contributed by atoms with Crippen molar-refractivity contribution < 1.29 is 8.78 Å². The monoisotopic (exact) mass is 266 g/mol. The van der Waals surface area contributed by atoms with Gasteiger partial charge in [0.25, 0.3) is 6.43 Å². The Bertz CT molecular complexity index is 532. The lowest BCUT2D eigenvalue weighted by Gasteiger charge is -2.09. The van der Waals surface area contributed by atoms with Crippen LogP contribution >= 0.6 is 0 Å². The molecule has 2 rings (SSSR count). The molecule has 104 valence electrons. The van der Waals surface area contributed by atoms with E-state index in [-0.39, 0.29) is 6.54 Å². The number of nitrogens with one attached hydrogen (secondary N) is 1. The third-order valence-electron chi connectivity index (χ3n) is 3.05. The Morgan fingerprint density at radius 3 is 2.68 bits per heavy atom. The molecular formula is C15H20F2N2. The lowest BCUT2D eigenvalue weighted by atomic mass is 10.1. The lowest BCUT2D eigenvalue weighted by molar-refractivity contribution is 0.128. The molecule has 0 radical (unpaired) electrons. The summed E-state index contributed by atoms with van der Waals surface area (Å²) in [6, 6.07) is 7.90. The average molecular weight is 266 g/mol. The Kier molecular flexibility index (Phi) is 4.53. The zero-order valence-electron chi connectivity index (χ0n) is 11.4. The van der Waals surface area contributed by atoms with Crippen LogP contribution in [0.1, 0.15) is 19.4 Å². The van der Waals surface area contributed by atoms with Crippen molar-refractivity contribution in [3.05, 3.63) is 36.0 Å². The Hall–Kier alpha value is -1.42. The maximum atomic E-state index is 12.5. The molecule has 4 heteroatoms. The van der Waals surface area contributed by atoms with Crippen LogP contribution in [-0.2, 0) is 13.1 Å². The molecule has 0 aliphatic rings.